The summed E-state index contributed by atoms with van der Waals surface area (Å²) in [6.45, 7) is 8.33. The van der Waals surface area contributed by atoms with Crippen LogP contribution in [0.2, 0.25) is 0 Å². The van der Waals surface area contributed by atoms with Gasteiger partial charge in [0.1, 0.15) is 0 Å². The largest absolute Gasteiger partial charge is 0.312 e. The summed E-state index contributed by atoms with van der Waals surface area (Å²) in [5.41, 5.74) is 5.76. The lowest BCUT2D eigenvalue weighted by Crippen LogP contribution is -2.20. The van der Waals surface area contributed by atoms with E-state index in [-0.39, 0.29) is 0 Å². The molecule has 1 aromatic heterocycles. The van der Waals surface area contributed by atoms with E-state index < -0.39 is 0 Å². The molecule has 21 heavy (non-hydrogen) atoms. The fraction of sp³-hybridized carbons (Fsp3) is 0.471. The quantitative estimate of drug-likeness (QED) is 0.809. The van der Waals surface area contributed by atoms with Crippen LogP contribution in [0, 0.1) is 5.92 Å². The third-order valence-electron chi connectivity index (χ3n) is 3.24. The number of hydrogen-bond acceptors (Lipinski definition) is 4. The highest BCUT2D eigenvalue weighted by Crippen LogP contribution is 2.10. The Bertz CT molecular complexity index is 523. The minimum absolute atomic E-state index is 0.692. The third-order valence-corrected chi connectivity index (χ3v) is 3.88. The maximum Gasteiger partial charge on any atom is 0.0795 e. The number of nitrogens with zero attached hydrogens (tertiary/aromatic N) is 2. The molecule has 0 bridgehead atoms. The van der Waals surface area contributed by atoms with E-state index in [1.54, 1.807) is 11.3 Å². The third kappa shape index (κ3) is 5.96. The van der Waals surface area contributed by atoms with Crippen molar-refractivity contribution in [2.45, 2.75) is 33.5 Å². The van der Waals surface area contributed by atoms with Crippen LogP contribution in [0.15, 0.2) is 35.2 Å². The van der Waals surface area contributed by atoms with Crippen LogP contribution in [-0.4, -0.2) is 23.5 Å². The van der Waals surface area contributed by atoms with Crippen molar-refractivity contribution in [2.75, 3.05) is 13.6 Å². The van der Waals surface area contributed by atoms with Gasteiger partial charge in [-0.25, -0.2) is 4.98 Å². The van der Waals surface area contributed by atoms with Crippen LogP contribution in [0.4, 0.5) is 0 Å². The van der Waals surface area contributed by atoms with Gasteiger partial charge >= 0.3 is 0 Å². The Morgan fingerprint density at radius 2 is 2.05 bits per heavy atom. The van der Waals surface area contributed by atoms with Crippen molar-refractivity contribution in [3.63, 3.8) is 0 Å². The zero-order valence-electron chi connectivity index (χ0n) is 13.2. The molecule has 0 spiro atoms. The van der Waals surface area contributed by atoms with Crippen molar-refractivity contribution in [2.24, 2.45) is 5.92 Å². The van der Waals surface area contributed by atoms with Gasteiger partial charge < -0.3 is 5.32 Å². The zero-order chi connectivity index (χ0) is 15.1. The second-order valence-corrected chi connectivity index (χ2v) is 6.72. The molecule has 0 saturated carbocycles. The summed E-state index contributed by atoms with van der Waals surface area (Å²) in [6.07, 6.45) is 0. The van der Waals surface area contributed by atoms with Gasteiger partial charge in [0.15, 0.2) is 0 Å². The molecular formula is C17H25N3S. The summed E-state index contributed by atoms with van der Waals surface area (Å²) >= 11 is 1.66. The molecule has 114 valence electrons. The van der Waals surface area contributed by atoms with Gasteiger partial charge in [-0.2, -0.15) is 0 Å². The molecule has 0 aliphatic carbocycles. The van der Waals surface area contributed by atoms with E-state index >= 15 is 0 Å². The van der Waals surface area contributed by atoms with Crippen molar-refractivity contribution < 1.29 is 0 Å². The molecule has 4 heteroatoms. The summed E-state index contributed by atoms with van der Waals surface area (Å²) in [5, 5.41) is 5.61. The Morgan fingerprint density at radius 1 is 1.24 bits per heavy atom. The fourth-order valence-corrected chi connectivity index (χ4v) is 2.85. The van der Waals surface area contributed by atoms with Gasteiger partial charge in [0.2, 0.25) is 0 Å². The summed E-state index contributed by atoms with van der Waals surface area (Å²) < 4.78 is 0. The van der Waals surface area contributed by atoms with Crippen LogP contribution in [-0.2, 0) is 19.6 Å². The Morgan fingerprint density at radius 3 is 2.76 bits per heavy atom. The predicted octanol–water partition coefficient (Wildman–Crippen LogP) is 3.52. The Hall–Kier alpha value is -1.23. The number of aromatic nitrogens is 1. The minimum atomic E-state index is 0.692. The van der Waals surface area contributed by atoms with Gasteiger partial charge in [0, 0.05) is 25.0 Å². The van der Waals surface area contributed by atoms with Crippen LogP contribution in [0.1, 0.15) is 30.7 Å². The number of hydrogen-bond donors (Lipinski definition) is 1. The maximum atomic E-state index is 4.34. The van der Waals surface area contributed by atoms with Crippen LogP contribution < -0.4 is 5.32 Å². The van der Waals surface area contributed by atoms with Gasteiger partial charge in [-0.15, -0.1) is 11.3 Å². The van der Waals surface area contributed by atoms with Crippen molar-refractivity contribution >= 4 is 11.3 Å². The summed E-state index contributed by atoms with van der Waals surface area (Å²) in [6, 6.07) is 8.84. The fourth-order valence-electron chi connectivity index (χ4n) is 2.30. The lowest BCUT2D eigenvalue weighted by Gasteiger charge is -2.16. The Labute approximate surface area is 132 Å². The first-order valence-electron chi connectivity index (χ1n) is 7.47. The van der Waals surface area contributed by atoms with Gasteiger partial charge in [-0.1, -0.05) is 38.1 Å². The van der Waals surface area contributed by atoms with Crippen LogP contribution >= 0.6 is 11.3 Å². The minimum Gasteiger partial charge on any atom is -0.312 e. The molecule has 0 saturated heterocycles. The molecule has 0 aliphatic rings. The Balaban J connectivity index is 1.85. The van der Waals surface area contributed by atoms with Crippen molar-refractivity contribution in [3.8, 4) is 0 Å². The van der Waals surface area contributed by atoms with E-state index in [1.165, 1.54) is 11.1 Å². The number of benzene rings is 1. The normalized spacial score (nSPS) is 11.5. The van der Waals surface area contributed by atoms with Crippen molar-refractivity contribution in [1.29, 1.82) is 0 Å². The first-order chi connectivity index (χ1) is 10.1. The van der Waals surface area contributed by atoms with E-state index in [2.05, 4.69) is 65.7 Å². The molecule has 1 N–H and O–H groups in total. The lowest BCUT2D eigenvalue weighted by atomic mass is 10.1. The first-order valence-corrected chi connectivity index (χ1v) is 8.42. The van der Waals surface area contributed by atoms with Gasteiger partial charge in [-0.3, -0.25) is 4.90 Å². The SMILES string of the molecule is CC(C)CNCc1cccc(CN(C)Cc2cscn2)c1. The van der Waals surface area contributed by atoms with Crippen LogP contribution in [0.25, 0.3) is 0 Å². The average Bonchev–Trinajstić information content (AvgIpc) is 2.91. The van der Waals surface area contributed by atoms with E-state index in [9.17, 15) is 0 Å². The second kappa shape index (κ2) is 8.27. The maximum absolute atomic E-state index is 4.34. The molecule has 0 fully saturated rings. The Kier molecular flexibility index (Phi) is 6.36. The van der Waals surface area contributed by atoms with Crippen molar-refractivity contribution in [3.05, 3.63) is 52.0 Å². The smallest absolute Gasteiger partial charge is 0.0795 e. The number of thiazole rings is 1. The molecule has 2 aromatic rings. The number of nitrogens with one attached hydrogen (secondary N) is 1. The summed E-state index contributed by atoms with van der Waals surface area (Å²) in [4.78, 5) is 6.64. The molecule has 0 unspecified atom stereocenters. The number of rotatable bonds is 8. The molecule has 3 nitrogen and oxygen atoms in total. The van der Waals surface area contributed by atoms with Crippen molar-refractivity contribution in [1.82, 2.24) is 15.2 Å². The molecule has 1 heterocycles. The highest BCUT2D eigenvalue weighted by molar-refractivity contribution is 7.07. The topological polar surface area (TPSA) is 28.2 Å². The lowest BCUT2D eigenvalue weighted by molar-refractivity contribution is 0.315. The summed E-state index contributed by atoms with van der Waals surface area (Å²) in [5.74, 6) is 0.692. The molecule has 0 atom stereocenters. The molecule has 0 aliphatic heterocycles. The molecule has 0 radical (unpaired) electrons. The highest BCUT2D eigenvalue weighted by Gasteiger charge is 2.04. The monoisotopic (exact) mass is 303 g/mol. The first kappa shape index (κ1) is 16.1. The van der Waals surface area contributed by atoms with E-state index in [1.807, 2.05) is 5.51 Å². The molecule has 2 rings (SSSR count). The second-order valence-electron chi connectivity index (χ2n) is 6.00. The highest BCUT2D eigenvalue weighted by atomic mass is 32.1. The molecule has 0 amide bonds. The summed E-state index contributed by atoms with van der Waals surface area (Å²) in [7, 11) is 2.14. The average molecular weight is 303 g/mol. The van der Waals surface area contributed by atoms with Gasteiger partial charge in [0.05, 0.1) is 11.2 Å². The molecular weight excluding hydrogens is 278 g/mol. The van der Waals surface area contributed by atoms with Crippen LogP contribution in [0.3, 0.4) is 0 Å². The van der Waals surface area contributed by atoms with E-state index in [4.69, 9.17) is 0 Å². The van der Waals surface area contributed by atoms with E-state index in [0.29, 0.717) is 5.92 Å². The van der Waals surface area contributed by atoms with Gasteiger partial charge in [0.25, 0.3) is 0 Å². The van der Waals surface area contributed by atoms with Gasteiger partial charge in [-0.05, 0) is 30.6 Å². The predicted molar refractivity (Wildman–Crippen MR) is 90.3 cm³/mol. The van der Waals surface area contributed by atoms with Crippen LogP contribution in [0.5, 0.6) is 0 Å². The molecule has 1 aromatic carbocycles. The van der Waals surface area contributed by atoms with E-state index in [0.717, 1.165) is 31.9 Å². The zero-order valence-corrected chi connectivity index (χ0v) is 14.0. The standard InChI is InChI=1S/C17H25N3S/c1-14(2)8-18-9-15-5-4-6-16(7-15)10-20(3)11-17-12-21-13-19-17/h4-7,12-14,18H,8-11H2,1-3H3.